The summed E-state index contributed by atoms with van der Waals surface area (Å²) in [4.78, 5) is 22.2. The Morgan fingerprint density at radius 1 is 1.76 bits per heavy atom. The fourth-order valence-corrected chi connectivity index (χ4v) is 1.98. The summed E-state index contributed by atoms with van der Waals surface area (Å²) in [5.41, 5.74) is 0.533. The Hall–Kier alpha value is -1.63. The van der Waals surface area contributed by atoms with Crippen molar-refractivity contribution in [3.63, 3.8) is 0 Å². The van der Waals surface area contributed by atoms with Crippen molar-refractivity contribution in [2.45, 2.75) is 12.3 Å². The van der Waals surface area contributed by atoms with Crippen LogP contribution in [-0.4, -0.2) is 31.1 Å². The fourth-order valence-electron chi connectivity index (χ4n) is 1.28. The molecule has 2 radical (unpaired) electrons. The predicted molar refractivity (Wildman–Crippen MR) is 66.5 cm³/mol. The summed E-state index contributed by atoms with van der Waals surface area (Å²) in [5.74, 6) is -1.56. The third-order valence-corrected chi connectivity index (χ3v) is 2.74. The van der Waals surface area contributed by atoms with E-state index < -0.39 is 11.7 Å². The smallest absolute Gasteiger partial charge is 0.315 e. The molecular weight excluding hydrogens is 239 g/mol. The van der Waals surface area contributed by atoms with Crippen LogP contribution in [0.25, 0.3) is 0 Å². The van der Waals surface area contributed by atoms with Gasteiger partial charge in [0.05, 0.1) is 12.8 Å². The Balaban J connectivity index is 2.87. The maximum Gasteiger partial charge on any atom is 0.315 e. The number of amides is 1. The van der Waals surface area contributed by atoms with Gasteiger partial charge in [-0.25, -0.2) is 0 Å². The lowest BCUT2D eigenvalue weighted by molar-refractivity contribution is -0.142. The number of carbonyl (C=O) groups excluding carboxylic acids is 2. The van der Waals surface area contributed by atoms with Crippen LogP contribution >= 0.6 is 11.5 Å². The lowest BCUT2D eigenvalue weighted by Crippen LogP contribution is -2.14. The van der Waals surface area contributed by atoms with E-state index in [9.17, 15) is 9.59 Å². The van der Waals surface area contributed by atoms with Gasteiger partial charge in [-0.1, -0.05) is 6.08 Å². The molecule has 1 N–H and O–H groups in total. The molecule has 1 atom stereocenters. The van der Waals surface area contributed by atoms with Gasteiger partial charge in [0.2, 0.25) is 7.85 Å². The van der Waals surface area contributed by atoms with E-state index in [1.807, 2.05) is 0 Å². The second-order valence-electron chi connectivity index (χ2n) is 3.21. The van der Waals surface area contributed by atoms with Crippen LogP contribution in [0.3, 0.4) is 0 Å². The van der Waals surface area contributed by atoms with E-state index in [1.54, 1.807) is 12.1 Å². The van der Waals surface area contributed by atoms with E-state index in [-0.39, 0.29) is 5.97 Å². The van der Waals surface area contributed by atoms with Crippen LogP contribution in [0.5, 0.6) is 0 Å². The van der Waals surface area contributed by atoms with Crippen LogP contribution in [-0.2, 0) is 9.53 Å². The summed E-state index contributed by atoms with van der Waals surface area (Å²) in [7, 11) is 6.29. The standard InChI is InChI=1S/C10H11BN2O3S/c1-3-4-6(9(14)16-2)7-5-8(17-13-7)12-10(11)15/h3,5-6H,1,4H2,2H3,(H,12,15). The van der Waals surface area contributed by atoms with Crippen LogP contribution in [0.1, 0.15) is 18.0 Å². The molecule has 17 heavy (non-hydrogen) atoms. The molecule has 0 aliphatic carbocycles. The lowest BCUT2D eigenvalue weighted by atomic mass is 10.0. The Morgan fingerprint density at radius 2 is 2.47 bits per heavy atom. The van der Waals surface area contributed by atoms with Crippen molar-refractivity contribution in [1.29, 1.82) is 0 Å². The number of anilines is 1. The first kappa shape index (κ1) is 13.4. The Bertz CT molecular complexity index is 433. The van der Waals surface area contributed by atoms with Gasteiger partial charge in [0, 0.05) is 0 Å². The van der Waals surface area contributed by atoms with Gasteiger partial charge in [0.15, 0.2) is 5.81 Å². The average molecular weight is 250 g/mol. The molecule has 0 aromatic carbocycles. The molecule has 1 rings (SSSR count). The van der Waals surface area contributed by atoms with E-state index in [1.165, 1.54) is 7.11 Å². The number of rotatable bonds is 5. The van der Waals surface area contributed by atoms with Gasteiger partial charge in [-0.15, -0.1) is 6.58 Å². The molecule has 1 unspecified atom stereocenters. The van der Waals surface area contributed by atoms with E-state index in [2.05, 4.69) is 21.0 Å². The van der Waals surface area contributed by atoms with Crippen molar-refractivity contribution in [2.24, 2.45) is 0 Å². The van der Waals surface area contributed by atoms with Gasteiger partial charge in [-0.05, 0) is 24.0 Å². The molecule has 0 aliphatic heterocycles. The third kappa shape index (κ3) is 3.71. The second kappa shape index (κ2) is 6.19. The monoisotopic (exact) mass is 250 g/mol. The molecule has 7 heteroatoms. The number of hydrogen-bond donors (Lipinski definition) is 1. The third-order valence-electron chi connectivity index (χ3n) is 2.02. The van der Waals surface area contributed by atoms with E-state index in [0.717, 1.165) is 11.5 Å². The minimum absolute atomic E-state index is 0.388. The van der Waals surface area contributed by atoms with E-state index >= 15 is 0 Å². The van der Waals surface area contributed by atoms with Gasteiger partial charge in [0.1, 0.15) is 10.9 Å². The minimum atomic E-state index is -0.668. The zero-order valence-electron chi connectivity index (χ0n) is 9.30. The Labute approximate surface area is 104 Å². The van der Waals surface area contributed by atoms with Crippen LogP contribution in [0.15, 0.2) is 18.7 Å². The van der Waals surface area contributed by atoms with Crippen molar-refractivity contribution in [3.05, 3.63) is 24.4 Å². The average Bonchev–Trinajstić information content (AvgIpc) is 2.72. The first-order valence-corrected chi connectivity index (χ1v) is 5.57. The van der Waals surface area contributed by atoms with Crippen molar-refractivity contribution < 1.29 is 14.3 Å². The van der Waals surface area contributed by atoms with Gasteiger partial charge in [0.25, 0.3) is 0 Å². The van der Waals surface area contributed by atoms with Crippen molar-refractivity contribution >= 4 is 36.2 Å². The second-order valence-corrected chi connectivity index (χ2v) is 4.01. The molecule has 0 fully saturated rings. The summed E-state index contributed by atoms with van der Waals surface area (Å²) < 4.78 is 8.76. The molecular formula is C10H11BN2O3S. The molecule has 0 aliphatic rings. The predicted octanol–water partition coefficient (Wildman–Crippen LogP) is 1.68. The quantitative estimate of drug-likeness (QED) is 0.490. The molecule has 1 aromatic heterocycles. The number of aromatic nitrogens is 1. The van der Waals surface area contributed by atoms with Gasteiger partial charge in [-0.2, -0.15) is 4.37 Å². The van der Waals surface area contributed by atoms with Crippen molar-refractivity contribution in [3.8, 4) is 0 Å². The minimum Gasteiger partial charge on any atom is -0.468 e. The zero-order chi connectivity index (χ0) is 12.8. The highest BCUT2D eigenvalue weighted by atomic mass is 32.1. The van der Waals surface area contributed by atoms with Crippen LogP contribution in [0.2, 0.25) is 0 Å². The highest BCUT2D eigenvalue weighted by Crippen LogP contribution is 2.26. The van der Waals surface area contributed by atoms with Gasteiger partial charge >= 0.3 is 5.97 Å². The molecule has 1 heterocycles. The number of carbonyl (C=O) groups is 2. The number of allylic oxidation sites excluding steroid dienone is 1. The number of methoxy groups -OCH3 is 1. The number of nitrogens with zero attached hydrogens (tertiary/aromatic N) is 1. The first-order chi connectivity index (χ1) is 8.08. The maximum atomic E-state index is 11.5. The number of ether oxygens (including phenoxy) is 1. The molecule has 0 saturated carbocycles. The highest BCUT2D eigenvalue weighted by molar-refractivity contribution is 7.10. The molecule has 0 bridgehead atoms. The molecule has 0 saturated heterocycles. The summed E-state index contributed by atoms with van der Waals surface area (Å²) in [6, 6.07) is 1.60. The molecule has 1 amide bonds. The van der Waals surface area contributed by atoms with Crippen LogP contribution in [0.4, 0.5) is 9.80 Å². The summed E-state index contributed by atoms with van der Waals surface area (Å²) in [6.45, 7) is 3.58. The molecule has 88 valence electrons. The van der Waals surface area contributed by atoms with Gasteiger partial charge in [-0.3, -0.25) is 9.59 Å². The highest BCUT2D eigenvalue weighted by Gasteiger charge is 2.23. The largest absolute Gasteiger partial charge is 0.468 e. The van der Waals surface area contributed by atoms with Crippen LogP contribution < -0.4 is 5.32 Å². The van der Waals surface area contributed by atoms with Crippen molar-refractivity contribution in [1.82, 2.24) is 4.37 Å². The number of nitrogens with one attached hydrogen (secondary N) is 1. The zero-order valence-corrected chi connectivity index (χ0v) is 10.1. The van der Waals surface area contributed by atoms with Crippen LogP contribution in [0, 0.1) is 0 Å². The normalized spacial score (nSPS) is 11.6. The van der Waals surface area contributed by atoms with E-state index in [0.29, 0.717) is 17.1 Å². The number of hydrogen-bond acceptors (Lipinski definition) is 5. The Kier molecular flexibility index (Phi) is 4.90. The molecule has 5 nitrogen and oxygen atoms in total. The SMILES string of the molecule is [B]C(=O)Nc1cc(C(CC=C)C(=O)OC)ns1. The Morgan fingerprint density at radius 3 is 3.00 bits per heavy atom. The van der Waals surface area contributed by atoms with Gasteiger partial charge < -0.3 is 10.1 Å². The fraction of sp³-hybridized carbons (Fsp3) is 0.300. The molecule has 0 spiro atoms. The first-order valence-electron chi connectivity index (χ1n) is 4.80. The topological polar surface area (TPSA) is 68.3 Å². The lowest BCUT2D eigenvalue weighted by Gasteiger charge is -2.08. The summed E-state index contributed by atoms with van der Waals surface area (Å²) in [5, 5.41) is 2.89. The summed E-state index contributed by atoms with van der Waals surface area (Å²) in [6.07, 6.45) is 2.04. The van der Waals surface area contributed by atoms with E-state index in [4.69, 9.17) is 7.85 Å². The summed E-state index contributed by atoms with van der Waals surface area (Å²) >= 11 is 1.06. The number of esters is 1. The molecule has 1 aromatic rings. The van der Waals surface area contributed by atoms with Crippen molar-refractivity contribution in [2.75, 3.05) is 12.4 Å². The maximum absolute atomic E-state index is 11.5.